The summed E-state index contributed by atoms with van der Waals surface area (Å²) in [4.78, 5) is 27.3. The molecule has 1 aromatic rings. The first-order valence-corrected chi connectivity index (χ1v) is 8.64. The molecule has 2 atom stereocenters. The second kappa shape index (κ2) is 7.58. The van der Waals surface area contributed by atoms with Gasteiger partial charge in [0.05, 0.1) is 26.2 Å². The van der Waals surface area contributed by atoms with Crippen LogP contribution >= 0.6 is 0 Å². The second-order valence-corrected chi connectivity index (χ2v) is 6.37. The zero-order chi connectivity index (χ0) is 19.6. The van der Waals surface area contributed by atoms with E-state index < -0.39 is 17.8 Å². The number of nitrogens with two attached hydrogens (primary N) is 1. The average molecular weight is 371 g/mol. The highest BCUT2D eigenvalue weighted by Crippen LogP contribution is 2.47. The third-order valence-electron chi connectivity index (χ3n) is 4.93. The van der Waals surface area contributed by atoms with Crippen molar-refractivity contribution in [2.45, 2.75) is 18.8 Å². The lowest BCUT2D eigenvalue weighted by Gasteiger charge is -2.32. The zero-order valence-electron chi connectivity index (χ0n) is 15.2. The number of likely N-dealkylation sites (tertiary alicyclic amines) is 1. The number of nitriles is 1. The molecule has 2 N–H and O–H groups in total. The molecule has 2 aliphatic rings. The Hall–Kier alpha value is -3.21. The summed E-state index contributed by atoms with van der Waals surface area (Å²) in [5.74, 6) is -2.77. The largest absolute Gasteiger partial charge is 0.493 e. The SMILES string of the molecule is CO/C(N)=C1/C(=O)Oc2c(OC)cccc2C1C(C#N)C(=O)N1CCCC1. The Kier molecular flexibility index (Phi) is 5.21. The van der Waals surface area contributed by atoms with Crippen LogP contribution in [0.4, 0.5) is 0 Å². The monoisotopic (exact) mass is 371 g/mol. The van der Waals surface area contributed by atoms with E-state index in [2.05, 4.69) is 6.07 Å². The van der Waals surface area contributed by atoms with Crippen LogP contribution in [-0.2, 0) is 14.3 Å². The van der Waals surface area contributed by atoms with E-state index in [-0.39, 0.29) is 23.1 Å². The number of para-hydroxylation sites is 1. The predicted octanol–water partition coefficient (Wildman–Crippen LogP) is 1.28. The molecule has 1 fully saturated rings. The normalized spacial score (nSPS) is 21.6. The molecule has 0 radical (unpaired) electrons. The van der Waals surface area contributed by atoms with Gasteiger partial charge in [-0.15, -0.1) is 0 Å². The van der Waals surface area contributed by atoms with Gasteiger partial charge < -0.3 is 24.8 Å². The highest BCUT2D eigenvalue weighted by Gasteiger charge is 2.45. The number of fused-ring (bicyclic) bond motifs is 1. The van der Waals surface area contributed by atoms with E-state index in [0.717, 1.165) is 12.8 Å². The number of benzene rings is 1. The van der Waals surface area contributed by atoms with Gasteiger partial charge >= 0.3 is 5.97 Å². The molecule has 2 heterocycles. The fourth-order valence-electron chi connectivity index (χ4n) is 3.59. The lowest BCUT2D eigenvalue weighted by Crippen LogP contribution is -2.40. The van der Waals surface area contributed by atoms with Crippen LogP contribution < -0.4 is 15.2 Å². The average Bonchev–Trinajstić information content (AvgIpc) is 3.22. The van der Waals surface area contributed by atoms with E-state index in [0.29, 0.717) is 24.4 Å². The molecule has 8 nitrogen and oxygen atoms in total. The van der Waals surface area contributed by atoms with Crippen LogP contribution in [0.15, 0.2) is 29.7 Å². The first kappa shape index (κ1) is 18.6. The van der Waals surface area contributed by atoms with Gasteiger partial charge in [-0.25, -0.2) is 4.79 Å². The van der Waals surface area contributed by atoms with Gasteiger partial charge in [0, 0.05) is 18.7 Å². The minimum atomic E-state index is -1.13. The van der Waals surface area contributed by atoms with Crippen LogP contribution in [0.25, 0.3) is 0 Å². The maximum absolute atomic E-state index is 13.0. The highest BCUT2D eigenvalue weighted by atomic mass is 16.6. The van der Waals surface area contributed by atoms with E-state index in [1.807, 2.05) is 0 Å². The number of carbonyl (C=O) groups is 2. The molecule has 0 spiro atoms. The predicted molar refractivity (Wildman–Crippen MR) is 94.5 cm³/mol. The number of rotatable bonds is 4. The van der Waals surface area contributed by atoms with Crippen LogP contribution in [-0.4, -0.2) is 44.1 Å². The summed E-state index contributed by atoms with van der Waals surface area (Å²) in [6, 6.07) is 7.11. The van der Waals surface area contributed by atoms with Crippen molar-refractivity contribution in [2.24, 2.45) is 11.7 Å². The quantitative estimate of drug-likeness (QED) is 0.367. The van der Waals surface area contributed by atoms with Gasteiger partial charge in [-0.05, 0) is 18.9 Å². The molecule has 2 unspecified atom stereocenters. The number of carbonyl (C=O) groups excluding carboxylic acids is 2. The first-order chi connectivity index (χ1) is 13.0. The van der Waals surface area contributed by atoms with Gasteiger partial charge in [0.25, 0.3) is 0 Å². The van der Waals surface area contributed by atoms with Crippen LogP contribution in [0.5, 0.6) is 11.5 Å². The first-order valence-electron chi connectivity index (χ1n) is 8.64. The van der Waals surface area contributed by atoms with Crippen LogP contribution in [0, 0.1) is 17.2 Å². The van der Waals surface area contributed by atoms with Crippen molar-refractivity contribution in [1.29, 1.82) is 5.26 Å². The number of nitrogens with zero attached hydrogens (tertiary/aromatic N) is 2. The van der Waals surface area contributed by atoms with E-state index in [1.165, 1.54) is 14.2 Å². The molecule has 0 saturated carbocycles. The molecule has 0 aliphatic carbocycles. The van der Waals surface area contributed by atoms with Crippen molar-refractivity contribution >= 4 is 11.9 Å². The van der Waals surface area contributed by atoms with Gasteiger partial charge in [0.15, 0.2) is 17.4 Å². The standard InChI is InChI=1S/C19H21N3O5/c1-25-13-7-5-6-11-14(12(10-20)18(23)22-8-3-4-9-22)15(17(21)26-2)19(24)27-16(11)13/h5-7,12,14H,3-4,8-9,21H2,1-2H3/b17-15+. The third-order valence-corrected chi connectivity index (χ3v) is 4.93. The van der Waals surface area contributed by atoms with Crippen LogP contribution in [0.1, 0.15) is 24.3 Å². The Morgan fingerprint density at radius 3 is 2.67 bits per heavy atom. The van der Waals surface area contributed by atoms with Crippen molar-refractivity contribution in [3.05, 3.63) is 35.2 Å². The summed E-state index contributed by atoms with van der Waals surface area (Å²) in [7, 11) is 2.77. The second-order valence-electron chi connectivity index (χ2n) is 6.37. The molecule has 1 amide bonds. The smallest absolute Gasteiger partial charge is 0.345 e. The van der Waals surface area contributed by atoms with E-state index in [9.17, 15) is 14.9 Å². The molecule has 1 aromatic carbocycles. The van der Waals surface area contributed by atoms with E-state index in [4.69, 9.17) is 19.9 Å². The summed E-state index contributed by atoms with van der Waals surface area (Å²) in [5.41, 5.74) is 6.35. The summed E-state index contributed by atoms with van der Waals surface area (Å²) in [5, 5.41) is 9.83. The number of hydrogen-bond donors (Lipinski definition) is 1. The van der Waals surface area contributed by atoms with Gasteiger partial charge in [-0.3, -0.25) is 4.79 Å². The number of hydrogen-bond acceptors (Lipinski definition) is 7. The van der Waals surface area contributed by atoms with Crippen molar-refractivity contribution in [2.75, 3.05) is 27.3 Å². The molecule has 0 bridgehead atoms. The molecular weight excluding hydrogens is 350 g/mol. The number of methoxy groups -OCH3 is 2. The molecule has 1 saturated heterocycles. The minimum Gasteiger partial charge on any atom is -0.493 e. The van der Waals surface area contributed by atoms with Crippen LogP contribution in [0.3, 0.4) is 0 Å². The Morgan fingerprint density at radius 1 is 1.37 bits per heavy atom. The molecule has 142 valence electrons. The molecule has 0 aromatic heterocycles. The lowest BCUT2D eigenvalue weighted by atomic mass is 9.78. The van der Waals surface area contributed by atoms with Crippen molar-refractivity contribution < 1.29 is 23.8 Å². The fraction of sp³-hybridized carbons (Fsp3) is 0.421. The summed E-state index contributed by atoms with van der Waals surface area (Å²) < 4.78 is 15.7. The topological polar surface area (TPSA) is 115 Å². The van der Waals surface area contributed by atoms with Crippen LogP contribution in [0.2, 0.25) is 0 Å². The Labute approximate surface area is 157 Å². The molecule has 8 heteroatoms. The van der Waals surface area contributed by atoms with Gasteiger partial charge in [-0.1, -0.05) is 12.1 Å². The highest BCUT2D eigenvalue weighted by molar-refractivity contribution is 5.97. The van der Waals surface area contributed by atoms with Crippen molar-refractivity contribution in [1.82, 2.24) is 4.90 Å². The number of ether oxygens (including phenoxy) is 3. The van der Waals surface area contributed by atoms with Gasteiger partial charge in [-0.2, -0.15) is 5.26 Å². The molecule has 2 aliphatic heterocycles. The molecular formula is C19H21N3O5. The molecule has 27 heavy (non-hydrogen) atoms. The number of amides is 1. The summed E-state index contributed by atoms with van der Waals surface area (Å²) in [6.45, 7) is 1.19. The number of esters is 1. The Bertz CT molecular complexity index is 836. The fourth-order valence-corrected chi connectivity index (χ4v) is 3.59. The van der Waals surface area contributed by atoms with Crippen molar-refractivity contribution in [3.63, 3.8) is 0 Å². The Morgan fingerprint density at radius 2 is 2.07 bits per heavy atom. The van der Waals surface area contributed by atoms with Gasteiger partial charge in [0.1, 0.15) is 11.5 Å². The molecule has 3 rings (SSSR count). The summed E-state index contributed by atoms with van der Waals surface area (Å²) >= 11 is 0. The van der Waals surface area contributed by atoms with E-state index >= 15 is 0 Å². The maximum Gasteiger partial charge on any atom is 0.345 e. The summed E-state index contributed by atoms with van der Waals surface area (Å²) in [6.07, 6.45) is 1.79. The van der Waals surface area contributed by atoms with E-state index in [1.54, 1.807) is 23.1 Å². The minimum absolute atomic E-state index is 0.0302. The zero-order valence-corrected chi connectivity index (χ0v) is 15.2. The third kappa shape index (κ3) is 3.16. The van der Waals surface area contributed by atoms with Crippen molar-refractivity contribution in [3.8, 4) is 17.6 Å². The lowest BCUT2D eigenvalue weighted by molar-refractivity contribution is -0.134. The maximum atomic E-state index is 13.0. The Balaban J connectivity index is 2.17. The van der Waals surface area contributed by atoms with Gasteiger partial charge in [0.2, 0.25) is 5.91 Å².